The largest absolute Gasteiger partial charge is 1.00 e. The molecular formula is C18H36ClN. The molecule has 0 N–H and O–H groups in total. The summed E-state index contributed by atoms with van der Waals surface area (Å²) >= 11 is 0. The first kappa shape index (κ1) is 22.0. The second kappa shape index (κ2) is 15.1. The third-order valence-electron chi connectivity index (χ3n) is 3.43. The summed E-state index contributed by atoms with van der Waals surface area (Å²) in [5, 5.41) is 0. The van der Waals surface area contributed by atoms with E-state index < -0.39 is 0 Å². The van der Waals surface area contributed by atoms with Crippen LogP contribution < -0.4 is 12.4 Å². The van der Waals surface area contributed by atoms with Gasteiger partial charge in [-0.3, -0.25) is 4.48 Å². The number of quaternary nitrogens is 1. The van der Waals surface area contributed by atoms with Gasteiger partial charge in [0.25, 0.3) is 0 Å². The monoisotopic (exact) mass is 301 g/mol. The van der Waals surface area contributed by atoms with Crippen molar-refractivity contribution in [2.24, 2.45) is 0 Å². The van der Waals surface area contributed by atoms with E-state index in [2.05, 4.69) is 52.5 Å². The fourth-order valence-electron chi connectivity index (χ4n) is 2.12. The standard InChI is InChI=1S/C18H36N.ClH/c1-5-7-9-11-13-15-17-19(3,4)18-16-14-12-10-8-6-2;/h15-18H,5-14H2,1-4H3;1H/q+1;/p-1. The van der Waals surface area contributed by atoms with E-state index in [1.54, 1.807) is 0 Å². The van der Waals surface area contributed by atoms with Gasteiger partial charge in [0.2, 0.25) is 0 Å². The van der Waals surface area contributed by atoms with Gasteiger partial charge < -0.3 is 12.4 Å². The molecule has 0 aromatic carbocycles. The van der Waals surface area contributed by atoms with E-state index in [4.69, 9.17) is 0 Å². The van der Waals surface area contributed by atoms with Crippen molar-refractivity contribution in [2.75, 3.05) is 14.1 Å². The van der Waals surface area contributed by atoms with Gasteiger partial charge in [-0.1, -0.05) is 52.4 Å². The molecule has 120 valence electrons. The summed E-state index contributed by atoms with van der Waals surface area (Å²) in [7, 11) is 4.48. The average molecular weight is 302 g/mol. The first-order chi connectivity index (χ1) is 9.12. The maximum atomic E-state index is 2.34. The summed E-state index contributed by atoms with van der Waals surface area (Å²) in [5.41, 5.74) is 0. The van der Waals surface area contributed by atoms with Crippen molar-refractivity contribution in [3.63, 3.8) is 0 Å². The van der Waals surface area contributed by atoms with Crippen molar-refractivity contribution in [3.05, 3.63) is 24.6 Å². The quantitative estimate of drug-likeness (QED) is 0.384. The van der Waals surface area contributed by atoms with Crippen molar-refractivity contribution < 1.29 is 16.9 Å². The molecule has 0 fully saturated rings. The Morgan fingerprint density at radius 2 is 1.05 bits per heavy atom. The van der Waals surface area contributed by atoms with E-state index >= 15 is 0 Å². The zero-order valence-electron chi connectivity index (χ0n) is 14.2. The van der Waals surface area contributed by atoms with Crippen molar-refractivity contribution >= 4 is 0 Å². The molecule has 0 atom stereocenters. The topological polar surface area (TPSA) is 0 Å². The van der Waals surface area contributed by atoms with E-state index in [9.17, 15) is 0 Å². The number of halogens is 1. The average Bonchev–Trinajstić information content (AvgIpc) is 2.38. The summed E-state index contributed by atoms with van der Waals surface area (Å²) < 4.78 is 0.877. The number of hydrogen-bond acceptors (Lipinski definition) is 0. The molecule has 0 aromatic rings. The summed E-state index contributed by atoms with van der Waals surface area (Å²) in [4.78, 5) is 0. The van der Waals surface area contributed by atoms with Gasteiger partial charge >= 0.3 is 0 Å². The lowest BCUT2D eigenvalue weighted by Gasteiger charge is -2.19. The lowest BCUT2D eigenvalue weighted by molar-refractivity contribution is -0.784. The van der Waals surface area contributed by atoms with Crippen LogP contribution in [0.15, 0.2) is 24.6 Å². The zero-order valence-corrected chi connectivity index (χ0v) is 15.0. The second-order valence-corrected chi connectivity index (χ2v) is 6.10. The lowest BCUT2D eigenvalue weighted by Crippen LogP contribution is -3.00. The number of unbranched alkanes of at least 4 members (excludes halogenated alkanes) is 8. The lowest BCUT2D eigenvalue weighted by atomic mass is 10.1. The summed E-state index contributed by atoms with van der Waals surface area (Å²) in [6.07, 6.45) is 22.6. The maximum Gasteiger partial charge on any atom is 0.0959 e. The smallest absolute Gasteiger partial charge is 0.0959 e. The van der Waals surface area contributed by atoms with E-state index in [0.29, 0.717) is 0 Å². The van der Waals surface area contributed by atoms with Crippen LogP contribution in [-0.4, -0.2) is 18.6 Å². The maximum absolute atomic E-state index is 2.34. The summed E-state index contributed by atoms with van der Waals surface area (Å²) in [6, 6.07) is 0. The zero-order chi connectivity index (χ0) is 14.4. The van der Waals surface area contributed by atoms with Gasteiger partial charge in [0.15, 0.2) is 0 Å². The molecule has 0 amide bonds. The normalized spacial score (nSPS) is 12.2. The van der Waals surface area contributed by atoms with Gasteiger partial charge in [-0.25, -0.2) is 0 Å². The second-order valence-electron chi connectivity index (χ2n) is 6.10. The minimum Gasteiger partial charge on any atom is -1.00 e. The van der Waals surface area contributed by atoms with Gasteiger partial charge in [-0.05, 0) is 37.8 Å². The first-order valence-electron chi connectivity index (χ1n) is 8.31. The predicted molar refractivity (Wildman–Crippen MR) is 87.9 cm³/mol. The van der Waals surface area contributed by atoms with Crippen molar-refractivity contribution in [2.45, 2.75) is 78.1 Å². The van der Waals surface area contributed by atoms with E-state index in [1.807, 2.05) is 0 Å². The molecule has 1 nitrogen and oxygen atoms in total. The van der Waals surface area contributed by atoms with Crippen LogP contribution in [0.3, 0.4) is 0 Å². The van der Waals surface area contributed by atoms with Crippen molar-refractivity contribution in [1.82, 2.24) is 0 Å². The molecule has 0 aliphatic heterocycles. The number of allylic oxidation sites excluding steroid dienone is 2. The Balaban J connectivity index is 0. The third-order valence-corrected chi connectivity index (χ3v) is 3.43. The highest BCUT2D eigenvalue weighted by molar-refractivity contribution is 4.80. The van der Waals surface area contributed by atoms with Crippen LogP contribution in [0.4, 0.5) is 0 Å². The Morgan fingerprint density at radius 3 is 1.40 bits per heavy atom. The molecule has 0 aliphatic rings. The van der Waals surface area contributed by atoms with Crippen LogP contribution in [0.5, 0.6) is 0 Å². The van der Waals surface area contributed by atoms with Gasteiger partial charge in [-0.2, -0.15) is 0 Å². The molecule has 0 saturated heterocycles. The van der Waals surface area contributed by atoms with Gasteiger partial charge in [0.1, 0.15) is 0 Å². The Labute approximate surface area is 134 Å². The highest BCUT2D eigenvalue weighted by Crippen LogP contribution is 2.08. The molecule has 20 heavy (non-hydrogen) atoms. The number of hydrogen-bond donors (Lipinski definition) is 0. The van der Waals surface area contributed by atoms with Crippen LogP contribution in [-0.2, 0) is 0 Å². The molecule has 0 radical (unpaired) electrons. The first-order valence-corrected chi connectivity index (χ1v) is 8.31. The van der Waals surface area contributed by atoms with E-state index in [-0.39, 0.29) is 12.4 Å². The SMILES string of the molecule is CCCCCCC=C[N+](C)(C)C=CCCCCCC.[Cl-]. The van der Waals surface area contributed by atoms with Crippen molar-refractivity contribution in [3.8, 4) is 0 Å². The molecule has 0 spiro atoms. The summed E-state index contributed by atoms with van der Waals surface area (Å²) in [6.45, 7) is 4.53. The van der Waals surface area contributed by atoms with E-state index in [1.165, 1.54) is 64.2 Å². The van der Waals surface area contributed by atoms with Crippen molar-refractivity contribution in [1.29, 1.82) is 0 Å². The Kier molecular flexibility index (Phi) is 16.7. The molecule has 0 aromatic heterocycles. The fourth-order valence-corrected chi connectivity index (χ4v) is 2.12. The molecule has 0 rings (SSSR count). The van der Waals surface area contributed by atoms with Crippen LogP contribution in [0.25, 0.3) is 0 Å². The Morgan fingerprint density at radius 1 is 0.650 bits per heavy atom. The molecule has 2 heteroatoms. The number of rotatable bonds is 12. The fraction of sp³-hybridized carbons (Fsp3) is 0.778. The highest BCUT2D eigenvalue weighted by atomic mass is 35.5. The number of nitrogens with zero attached hydrogens (tertiary/aromatic N) is 1. The van der Waals surface area contributed by atoms with Crippen LogP contribution in [0, 0.1) is 0 Å². The van der Waals surface area contributed by atoms with Crippen LogP contribution in [0.1, 0.15) is 78.1 Å². The van der Waals surface area contributed by atoms with Crippen LogP contribution >= 0.6 is 0 Å². The Bertz CT molecular complexity index is 220. The minimum atomic E-state index is 0. The molecule has 0 aliphatic carbocycles. The van der Waals surface area contributed by atoms with Crippen LogP contribution in [0.2, 0.25) is 0 Å². The van der Waals surface area contributed by atoms with Gasteiger partial charge in [0, 0.05) is 0 Å². The van der Waals surface area contributed by atoms with Gasteiger partial charge in [-0.15, -0.1) is 0 Å². The third kappa shape index (κ3) is 15.8. The highest BCUT2D eigenvalue weighted by Gasteiger charge is 2.04. The molecule has 0 saturated carbocycles. The summed E-state index contributed by atoms with van der Waals surface area (Å²) in [5.74, 6) is 0. The van der Waals surface area contributed by atoms with E-state index in [0.717, 1.165) is 4.48 Å². The molecule has 0 heterocycles. The Hall–Kier alpha value is -0.270. The molecule has 0 unspecified atom stereocenters. The predicted octanol–water partition coefficient (Wildman–Crippen LogP) is 3.04. The minimum absolute atomic E-state index is 0. The van der Waals surface area contributed by atoms with Gasteiger partial charge in [0.05, 0.1) is 26.5 Å². The molecular weight excluding hydrogens is 266 g/mol. The molecule has 0 bridgehead atoms.